The zero-order valence-electron chi connectivity index (χ0n) is 13.2. The van der Waals surface area contributed by atoms with Gasteiger partial charge in [-0.1, -0.05) is 72.6 Å². The van der Waals surface area contributed by atoms with Crippen LogP contribution in [-0.2, 0) is 4.79 Å². The summed E-state index contributed by atoms with van der Waals surface area (Å²) in [5.41, 5.74) is 0.301. The topological polar surface area (TPSA) is 17.1 Å². The van der Waals surface area contributed by atoms with Crippen LogP contribution in [0.1, 0.15) is 98.3 Å². The van der Waals surface area contributed by atoms with E-state index in [1.165, 1.54) is 44.9 Å². The Labute approximate surface area is 115 Å². The zero-order chi connectivity index (χ0) is 13.9. The Morgan fingerprint density at radius 2 is 1.28 bits per heavy atom. The molecule has 0 aromatic carbocycles. The summed E-state index contributed by atoms with van der Waals surface area (Å²) < 4.78 is 0. The molecule has 0 saturated carbocycles. The third-order valence-electron chi connectivity index (χ3n) is 3.46. The molecule has 1 heteroatoms. The smallest absolute Gasteiger partial charge is 0.132 e. The molecule has 0 amide bonds. The molecule has 0 spiro atoms. The zero-order valence-corrected chi connectivity index (χ0v) is 13.2. The van der Waals surface area contributed by atoms with Crippen LogP contribution in [0.15, 0.2) is 0 Å². The van der Waals surface area contributed by atoms with E-state index in [0.29, 0.717) is 11.2 Å². The Kier molecular flexibility index (Phi) is 10.4. The number of rotatable bonds is 11. The molecule has 0 unspecified atom stereocenters. The van der Waals surface area contributed by atoms with Crippen molar-refractivity contribution in [2.24, 2.45) is 5.41 Å². The number of carbonyl (C=O) groups is 1. The Balaban J connectivity index is 3.25. The van der Waals surface area contributed by atoms with Gasteiger partial charge >= 0.3 is 0 Å². The molecule has 0 radical (unpaired) electrons. The highest BCUT2D eigenvalue weighted by molar-refractivity contribution is 5.78. The molecule has 0 aliphatic rings. The van der Waals surface area contributed by atoms with Gasteiger partial charge in [-0.25, -0.2) is 0 Å². The molecule has 0 aliphatic heterocycles. The minimum Gasteiger partial charge on any atom is -0.300 e. The van der Waals surface area contributed by atoms with Crippen LogP contribution in [0.4, 0.5) is 0 Å². The third kappa shape index (κ3) is 13.7. The predicted octanol–water partition coefficient (Wildman–Crippen LogP) is 5.91. The molecule has 0 rings (SSSR count). The Bertz CT molecular complexity index is 200. The summed E-state index contributed by atoms with van der Waals surface area (Å²) in [6.45, 7) is 8.87. The molecule has 0 saturated heterocycles. The lowest BCUT2D eigenvalue weighted by atomic mass is 9.89. The fourth-order valence-corrected chi connectivity index (χ4v) is 2.10. The first-order valence-electron chi connectivity index (χ1n) is 7.97. The minimum atomic E-state index is 0.301. The average Bonchev–Trinajstić information content (AvgIpc) is 2.29. The highest BCUT2D eigenvalue weighted by Crippen LogP contribution is 2.21. The monoisotopic (exact) mass is 254 g/mol. The van der Waals surface area contributed by atoms with Crippen LogP contribution in [0.5, 0.6) is 0 Å². The average molecular weight is 254 g/mol. The fourth-order valence-electron chi connectivity index (χ4n) is 2.10. The second-order valence-electron chi connectivity index (χ2n) is 6.82. The van der Waals surface area contributed by atoms with Gasteiger partial charge in [-0.2, -0.15) is 0 Å². The summed E-state index contributed by atoms with van der Waals surface area (Å²) in [6, 6.07) is 0. The summed E-state index contributed by atoms with van der Waals surface area (Å²) in [4.78, 5) is 11.7. The van der Waals surface area contributed by atoms with Crippen molar-refractivity contribution in [3.63, 3.8) is 0 Å². The van der Waals surface area contributed by atoms with Gasteiger partial charge in [-0.3, -0.25) is 4.79 Å². The molecule has 0 aliphatic carbocycles. The number of unbranched alkanes of at least 4 members (excludes halogenated alkanes) is 7. The molecule has 0 atom stereocenters. The second-order valence-corrected chi connectivity index (χ2v) is 6.82. The van der Waals surface area contributed by atoms with Gasteiger partial charge in [0.15, 0.2) is 0 Å². The molecule has 0 bridgehead atoms. The van der Waals surface area contributed by atoms with Gasteiger partial charge in [0.1, 0.15) is 5.78 Å². The third-order valence-corrected chi connectivity index (χ3v) is 3.46. The molecule has 1 nitrogen and oxygen atoms in total. The van der Waals surface area contributed by atoms with Gasteiger partial charge in [-0.15, -0.1) is 0 Å². The molecule has 108 valence electrons. The fraction of sp³-hybridized carbons (Fsp3) is 0.941. The lowest BCUT2D eigenvalue weighted by Gasteiger charge is -2.16. The van der Waals surface area contributed by atoms with Gasteiger partial charge in [-0.05, 0) is 18.3 Å². The van der Waals surface area contributed by atoms with Gasteiger partial charge < -0.3 is 0 Å². The van der Waals surface area contributed by atoms with Crippen LogP contribution < -0.4 is 0 Å². The van der Waals surface area contributed by atoms with E-state index in [9.17, 15) is 4.79 Å². The van der Waals surface area contributed by atoms with E-state index in [1.54, 1.807) is 0 Å². The van der Waals surface area contributed by atoms with Crippen LogP contribution in [0, 0.1) is 5.41 Å². The van der Waals surface area contributed by atoms with Gasteiger partial charge in [0, 0.05) is 12.8 Å². The van der Waals surface area contributed by atoms with Crippen LogP contribution in [0.2, 0.25) is 0 Å². The normalized spacial score (nSPS) is 11.8. The molecule has 0 N–H and O–H groups in total. The van der Waals surface area contributed by atoms with Crippen LogP contribution >= 0.6 is 0 Å². The van der Waals surface area contributed by atoms with Gasteiger partial charge in [0.25, 0.3) is 0 Å². The number of ketones is 1. The standard InChI is InChI=1S/C17H34O/c1-5-6-7-8-9-10-11-12-13-16(18)14-15-17(2,3)4/h5-15H2,1-4H3. The second kappa shape index (κ2) is 10.6. The molecule has 0 heterocycles. The van der Waals surface area contributed by atoms with Crippen LogP contribution in [0.3, 0.4) is 0 Å². The summed E-state index contributed by atoms with van der Waals surface area (Å²) >= 11 is 0. The molecular formula is C17H34O. The number of hydrogen-bond donors (Lipinski definition) is 0. The maximum atomic E-state index is 11.7. The van der Waals surface area contributed by atoms with Crippen LogP contribution in [-0.4, -0.2) is 5.78 Å². The lowest BCUT2D eigenvalue weighted by Crippen LogP contribution is -2.08. The maximum Gasteiger partial charge on any atom is 0.132 e. The molecule has 0 aromatic rings. The van der Waals surface area contributed by atoms with Crippen molar-refractivity contribution in [3.05, 3.63) is 0 Å². The van der Waals surface area contributed by atoms with E-state index in [1.807, 2.05) is 0 Å². The van der Waals surface area contributed by atoms with Crippen molar-refractivity contribution in [2.45, 2.75) is 98.3 Å². The molecule has 18 heavy (non-hydrogen) atoms. The highest BCUT2D eigenvalue weighted by Gasteiger charge is 2.12. The maximum absolute atomic E-state index is 11.7. The van der Waals surface area contributed by atoms with E-state index in [0.717, 1.165) is 25.7 Å². The van der Waals surface area contributed by atoms with Crippen molar-refractivity contribution >= 4 is 5.78 Å². The lowest BCUT2D eigenvalue weighted by molar-refractivity contribution is -0.119. The number of carbonyl (C=O) groups excluding carboxylic acids is 1. The summed E-state index contributed by atoms with van der Waals surface area (Å²) in [5, 5.41) is 0. The summed E-state index contributed by atoms with van der Waals surface area (Å²) in [7, 11) is 0. The Morgan fingerprint density at radius 3 is 1.78 bits per heavy atom. The Morgan fingerprint density at radius 1 is 0.778 bits per heavy atom. The quantitative estimate of drug-likeness (QED) is 0.419. The summed E-state index contributed by atoms with van der Waals surface area (Å²) in [6.07, 6.45) is 13.1. The van der Waals surface area contributed by atoms with Crippen LogP contribution in [0.25, 0.3) is 0 Å². The number of hydrogen-bond acceptors (Lipinski definition) is 1. The van der Waals surface area contributed by atoms with Crippen molar-refractivity contribution in [3.8, 4) is 0 Å². The largest absolute Gasteiger partial charge is 0.300 e. The first-order chi connectivity index (χ1) is 8.45. The van der Waals surface area contributed by atoms with Crippen molar-refractivity contribution in [2.75, 3.05) is 0 Å². The van der Waals surface area contributed by atoms with Crippen molar-refractivity contribution in [1.82, 2.24) is 0 Å². The van der Waals surface area contributed by atoms with E-state index in [-0.39, 0.29) is 0 Å². The van der Waals surface area contributed by atoms with Gasteiger partial charge in [0.2, 0.25) is 0 Å². The highest BCUT2D eigenvalue weighted by atomic mass is 16.1. The number of Topliss-reactive ketones (excluding diaryl/α,β-unsaturated/α-hetero) is 1. The summed E-state index contributed by atoms with van der Waals surface area (Å²) in [5.74, 6) is 0.468. The first-order valence-corrected chi connectivity index (χ1v) is 7.97. The van der Waals surface area contributed by atoms with E-state index in [4.69, 9.17) is 0 Å². The molecular weight excluding hydrogens is 220 g/mol. The Hall–Kier alpha value is -0.330. The SMILES string of the molecule is CCCCCCCCCCC(=O)CCC(C)(C)C. The first kappa shape index (κ1) is 17.7. The predicted molar refractivity (Wildman–Crippen MR) is 80.9 cm³/mol. The van der Waals surface area contributed by atoms with Gasteiger partial charge in [0.05, 0.1) is 0 Å². The van der Waals surface area contributed by atoms with E-state index < -0.39 is 0 Å². The van der Waals surface area contributed by atoms with E-state index in [2.05, 4.69) is 27.7 Å². The molecule has 0 fully saturated rings. The van der Waals surface area contributed by atoms with Crippen molar-refractivity contribution < 1.29 is 4.79 Å². The minimum absolute atomic E-state index is 0.301. The van der Waals surface area contributed by atoms with E-state index >= 15 is 0 Å². The van der Waals surface area contributed by atoms with Crippen molar-refractivity contribution in [1.29, 1.82) is 0 Å². The molecule has 0 aromatic heterocycles.